The van der Waals surface area contributed by atoms with E-state index in [0.717, 1.165) is 27.5 Å². The summed E-state index contributed by atoms with van der Waals surface area (Å²) in [5.74, 6) is 0.265. The summed E-state index contributed by atoms with van der Waals surface area (Å²) >= 11 is 0. The maximum absolute atomic E-state index is 11.0. The number of phenolic OH excluding ortho intramolecular Hbond substituents is 1. The highest BCUT2D eigenvalue weighted by Crippen LogP contribution is 2.44. The van der Waals surface area contributed by atoms with Crippen molar-refractivity contribution in [2.24, 2.45) is 0 Å². The first-order chi connectivity index (χ1) is 13.7. The molecule has 0 amide bonds. The topological polar surface area (TPSA) is 36.0 Å². The van der Waals surface area contributed by atoms with Crippen molar-refractivity contribution >= 4 is 21.7 Å². The van der Waals surface area contributed by atoms with Gasteiger partial charge < -0.3 is 10.1 Å². The Balaban J connectivity index is 1.90. The number of para-hydroxylation sites is 1. The maximum Gasteiger partial charge on any atom is 0.120 e. The van der Waals surface area contributed by atoms with E-state index in [1.54, 1.807) is 0 Å². The van der Waals surface area contributed by atoms with Gasteiger partial charge in [0, 0.05) is 28.1 Å². The van der Waals surface area contributed by atoms with Gasteiger partial charge in [0.1, 0.15) is 5.75 Å². The molecule has 1 atom stereocenters. The number of benzene rings is 4. The molecule has 0 aliphatic heterocycles. The molecule has 1 unspecified atom stereocenters. The average Bonchev–Trinajstić information content (AvgIpc) is 3.06. The van der Waals surface area contributed by atoms with Crippen LogP contribution >= 0.6 is 0 Å². The Labute approximate surface area is 164 Å². The fourth-order valence-corrected chi connectivity index (χ4v) is 4.38. The fraction of sp³-hybridized carbons (Fsp3) is 0.0769. The van der Waals surface area contributed by atoms with E-state index in [1.165, 1.54) is 16.5 Å². The van der Waals surface area contributed by atoms with Crippen LogP contribution in [0.4, 0.5) is 0 Å². The van der Waals surface area contributed by atoms with Crippen LogP contribution in [-0.4, -0.2) is 10.1 Å². The van der Waals surface area contributed by atoms with Crippen molar-refractivity contribution in [3.8, 4) is 5.75 Å². The predicted molar refractivity (Wildman–Crippen MR) is 116 cm³/mol. The molecule has 5 aromatic rings. The maximum atomic E-state index is 11.0. The van der Waals surface area contributed by atoms with Crippen molar-refractivity contribution in [3.63, 3.8) is 0 Å². The first-order valence-corrected chi connectivity index (χ1v) is 9.57. The standard InChI is InChI=1S/C26H21NO/c1-17-24(21-13-7-8-14-22(21)27-17)25(19-10-3-2-4-11-19)26-20-12-6-5-9-18(20)15-16-23(26)28/h2-16,25,27-28H,1H3. The molecule has 1 aromatic heterocycles. The predicted octanol–water partition coefficient (Wildman–Crippen LogP) is 6.52. The zero-order valence-corrected chi connectivity index (χ0v) is 15.7. The van der Waals surface area contributed by atoms with E-state index >= 15 is 0 Å². The SMILES string of the molecule is Cc1[nH]c2ccccc2c1C(c1ccccc1)c1c(O)ccc2ccccc12. The van der Waals surface area contributed by atoms with Crippen molar-refractivity contribution in [3.05, 3.63) is 113 Å². The smallest absolute Gasteiger partial charge is 0.120 e. The summed E-state index contributed by atoms with van der Waals surface area (Å²) in [7, 11) is 0. The Morgan fingerprint density at radius 2 is 1.36 bits per heavy atom. The summed E-state index contributed by atoms with van der Waals surface area (Å²) in [6.45, 7) is 2.12. The molecule has 0 aliphatic rings. The van der Waals surface area contributed by atoms with Crippen molar-refractivity contribution < 1.29 is 5.11 Å². The van der Waals surface area contributed by atoms with Gasteiger partial charge in [-0.3, -0.25) is 0 Å². The molecule has 1 heterocycles. The van der Waals surface area contributed by atoms with Gasteiger partial charge in [-0.05, 0) is 41.0 Å². The number of fused-ring (bicyclic) bond motifs is 2. The number of H-pyrrole nitrogens is 1. The van der Waals surface area contributed by atoms with E-state index in [4.69, 9.17) is 0 Å². The quantitative estimate of drug-likeness (QED) is 0.376. The summed E-state index contributed by atoms with van der Waals surface area (Å²) < 4.78 is 0. The van der Waals surface area contributed by atoms with Crippen LogP contribution in [0.5, 0.6) is 5.75 Å². The first-order valence-electron chi connectivity index (χ1n) is 9.57. The average molecular weight is 363 g/mol. The minimum atomic E-state index is -0.0663. The normalized spacial score (nSPS) is 12.5. The third-order valence-corrected chi connectivity index (χ3v) is 5.60. The van der Waals surface area contributed by atoms with Crippen LogP contribution in [0.2, 0.25) is 0 Å². The third-order valence-electron chi connectivity index (χ3n) is 5.60. The molecule has 0 radical (unpaired) electrons. The van der Waals surface area contributed by atoms with Crippen molar-refractivity contribution in [1.82, 2.24) is 4.98 Å². The summed E-state index contributed by atoms with van der Waals surface area (Å²) in [6.07, 6.45) is 0. The summed E-state index contributed by atoms with van der Waals surface area (Å²) in [6, 6.07) is 30.9. The lowest BCUT2D eigenvalue weighted by atomic mass is 9.81. The van der Waals surface area contributed by atoms with Crippen LogP contribution < -0.4 is 0 Å². The molecular formula is C26H21NO. The number of nitrogens with one attached hydrogen (secondary N) is 1. The molecule has 0 saturated heterocycles. The summed E-state index contributed by atoms with van der Waals surface area (Å²) in [4.78, 5) is 3.53. The second kappa shape index (κ2) is 6.58. The molecule has 2 nitrogen and oxygen atoms in total. The van der Waals surface area contributed by atoms with Gasteiger partial charge in [-0.15, -0.1) is 0 Å². The van der Waals surface area contributed by atoms with E-state index in [0.29, 0.717) is 5.75 Å². The number of hydrogen-bond donors (Lipinski definition) is 2. The molecule has 0 saturated carbocycles. The number of aryl methyl sites for hydroxylation is 1. The van der Waals surface area contributed by atoms with Crippen molar-refractivity contribution in [2.75, 3.05) is 0 Å². The highest BCUT2D eigenvalue weighted by Gasteiger charge is 2.26. The van der Waals surface area contributed by atoms with Gasteiger partial charge in [-0.2, -0.15) is 0 Å². The molecule has 136 valence electrons. The molecule has 0 fully saturated rings. The number of phenols is 1. The Morgan fingerprint density at radius 3 is 2.18 bits per heavy atom. The minimum Gasteiger partial charge on any atom is -0.508 e. The fourth-order valence-electron chi connectivity index (χ4n) is 4.38. The number of hydrogen-bond acceptors (Lipinski definition) is 1. The molecule has 2 N–H and O–H groups in total. The molecule has 0 bridgehead atoms. The second-order valence-electron chi connectivity index (χ2n) is 7.27. The Bertz CT molecular complexity index is 1280. The number of aromatic hydroxyl groups is 1. The third kappa shape index (κ3) is 2.57. The van der Waals surface area contributed by atoms with Gasteiger partial charge in [0.2, 0.25) is 0 Å². The highest BCUT2D eigenvalue weighted by molar-refractivity contribution is 5.92. The van der Waals surface area contributed by atoms with Crippen molar-refractivity contribution in [2.45, 2.75) is 12.8 Å². The van der Waals surface area contributed by atoms with Crippen LogP contribution in [0.1, 0.15) is 28.3 Å². The van der Waals surface area contributed by atoms with Gasteiger partial charge in [0.15, 0.2) is 0 Å². The molecular weight excluding hydrogens is 342 g/mol. The van der Waals surface area contributed by atoms with Gasteiger partial charge in [-0.25, -0.2) is 0 Å². The number of aromatic amines is 1. The first kappa shape index (κ1) is 16.6. The Kier molecular flexibility index (Phi) is 3.91. The second-order valence-corrected chi connectivity index (χ2v) is 7.27. The van der Waals surface area contributed by atoms with E-state index in [2.05, 4.69) is 72.6 Å². The summed E-state index contributed by atoms with van der Waals surface area (Å²) in [5.41, 5.74) is 5.59. The minimum absolute atomic E-state index is 0.0663. The van der Waals surface area contributed by atoms with Crippen LogP contribution in [0.3, 0.4) is 0 Å². The molecule has 0 spiro atoms. The lowest BCUT2D eigenvalue weighted by molar-refractivity contribution is 0.468. The van der Waals surface area contributed by atoms with E-state index in [1.807, 2.05) is 30.3 Å². The Hall–Kier alpha value is -3.52. The molecule has 28 heavy (non-hydrogen) atoms. The highest BCUT2D eigenvalue weighted by atomic mass is 16.3. The zero-order valence-electron chi connectivity index (χ0n) is 15.7. The van der Waals surface area contributed by atoms with Crippen LogP contribution in [0, 0.1) is 6.92 Å². The largest absolute Gasteiger partial charge is 0.508 e. The van der Waals surface area contributed by atoms with Gasteiger partial charge >= 0.3 is 0 Å². The zero-order chi connectivity index (χ0) is 19.1. The van der Waals surface area contributed by atoms with Crippen LogP contribution in [0.25, 0.3) is 21.7 Å². The molecule has 2 heteroatoms. The number of rotatable bonds is 3. The van der Waals surface area contributed by atoms with Gasteiger partial charge in [-0.1, -0.05) is 78.9 Å². The van der Waals surface area contributed by atoms with Crippen LogP contribution in [0.15, 0.2) is 91.0 Å². The van der Waals surface area contributed by atoms with Crippen LogP contribution in [-0.2, 0) is 0 Å². The lowest BCUT2D eigenvalue weighted by Crippen LogP contribution is -2.06. The number of aromatic nitrogens is 1. The lowest BCUT2D eigenvalue weighted by Gasteiger charge is -2.22. The van der Waals surface area contributed by atoms with Crippen molar-refractivity contribution in [1.29, 1.82) is 0 Å². The molecule has 5 rings (SSSR count). The van der Waals surface area contributed by atoms with E-state index in [-0.39, 0.29) is 5.92 Å². The molecule has 4 aromatic carbocycles. The Morgan fingerprint density at radius 1 is 0.679 bits per heavy atom. The molecule has 0 aliphatic carbocycles. The van der Waals surface area contributed by atoms with E-state index in [9.17, 15) is 5.11 Å². The van der Waals surface area contributed by atoms with Gasteiger partial charge in [0.25, 0.3) is 0 Å². The van der Waals surface area contributed by atoms with E-state index < -0.39 is 0 Å². The van der Waals surface area contributed by atoms with Gasteiger partial charge in [0.05, 0.1) is 0 Å². The summed E-state index contributed by atoms with van der Waals surface area (Å²) in [5, 5.41) is 14.4. The monoisotopic (exact) mass is 363 g/mol.